The summed E-state index contributed by atoms with van der Waals surface area (Å²) in [5.74, 6) is 0.0682. The maximum absolute atomic E-state index is 11.3. The summed E-state index contributed by atoms with van der Waals surface area (Å²) >= 11 is 5.32. The molecule has 0 atom stereocenters. The van der Waals surface area contributed by atoms with Gasteiger partial charge >= 0.3 is 0 Å². The minimum absolute atomic E-state index is 0.0245. The van der Waals surface area contributed by atoms with Crippen LogP contribution in [0, 0.1) is 0 Å². The number of benzene rings is 1. The molecule has 1 rings (SSSR count). The molecule has 0 spiro atoms. The zero-order valence-electron chi connectivity index (χ0n) is 7.52. The van der Waals surface area contributed by atoms with Crippen molar-refractivity contribution < 1.29 is 12.6 Å². The van der Waals surface area contributed by atoms with E-state index in [-0.39, 0.29) is 18.2 Å². The molecule has 14 heavy (non-hydrogen) atoms. The van der Waals surface area contributed by atoms with Gasteiger partial charge in [0, 0.05) is 5.88 Å². The van der Waals surface area contributed by atoms with Crippen LogP contribution in [0.25, 0.3) is 0 Å². The van der Waals surface area contributed by atoms with Gasteiger partial charge in [0.1, 0.15) is 5.75 Å². The Morgan fingerprint density at radius 3 is 2.43 bits per heavy atom. The summed E-state index contributed by atoms with van der Waals surface area (Å²) in [7, 11) is -3.48. The number of hydrogen-bond donors (Lipinski definition) is 0. The monoisotopic (exact) mass is 234 g/mol. The van der Waals surface area contributed by atoms with E-state index in [4.69, 9.17) is 11.6 Å². The second-order valence-corrected chi connectivity index (χ2v) is 4.72. The van der Waals surface area contributed by atoms with Crippen LogP contribution in [0.4, 0.5) is 0 Å². The second kappa shape index (κ2) is 5.34. The quantitative estimate of drug-likeness (QED) is 0.576. The molecule has 0 saturated heterocycles. The average molecular weight is 235 g/mol. The lowest BCUT2D eigenvalue weighted by Gasteiger charge is -2.03. The van der Waals surface area contributed by atoms with Crippen molar-refractivity contribution in [3.05, 3.63) is 35.9 Å². The molecule has 0 N–H and O–H groups in total. The van der Waals surface area contributed by atoms with Crippen molar-refractivity contribution in [3.63, 3.8) is 0 Å². The van der Waals surface area contributed by atoms with Crippen molar-refractivity contribution in [1.29, 1.82) is 0 Å². The molecule has 0 radical (unpaired) electrons. The number of hydrogen-bond acceptors (Lipinski definition) is 3. The van der Waals surface area contributed by atoms with Gasteiger partial charge in [0.15, 0.2) is 0 Å². The smallest absolute Gasteiger partial charge is 0.269 e. The minimum Gasteiger partial charge on any atom is -0.269 e. The molecule has 1 aromatic rings. The molecule has 0 aliphatic heterocycles. The van der Waals surface area contributed by atoms with Gasteiger partial charge in [0.25, 0.3) is 10.1 Å². The second-order valence-electron chi connectivity index (χ2n) is 2.70. The van der Waals surface area contributed by atoms with Gasteiger partial charge in [-0.1, -0.05) is 30.3 Å². The van der Waals surface area contributed by atoms with Crippen LogP contribution < -0.4 is 0 Å². The first kappa shape index (κ1) is 11.5. The van der Waals surface area contributed by atoms with Crippen molar-refractivity contribution in [2.75, 3.05) is 12.5 Å². The van der Waals surface area contributed by atoms with Crippen LogP contribution >= 0.6 is 11.6 Å². The summed E-state index contributed by atoms with van der Waals surface area (Å²) in [6, 6.07) is 8.87. The summed E-state index contributed by atoms with van der Waals surface area (Å²) in [4.78, 5) is 0. The third-order valence-corrected chi connectivity index (χ3v) is 2.89. The van der Waals surface area contributed by atoms with E-state index in [1.807, 2.05) is 6.07 Å². The predicted molar refractivity (Wildman–Crippen MR) is 55.7 cm³/mol. The third kappa shape index (κ3) is 4.09. The van der Waals surface area contributed by atoms with Gasteiger partial charge in [-0.05, 0) is 5.56 Å². The summed E-state index contributed by atoms with van der Waals surface area (Å²) in [5.41, 5.74) is 0.710. The van der Waals surface area contributed by atoms with E-state index in [1.165, 1.54) is 0 Å². The molecule has 0 aromatic heterocycles. The van der Waals surface area contributed by atoms with Crippen LogP contribution in [0.15, 0.2) is 30.3 Å². The summed E-state index contributed by atoms with van der Waals surface area (Å²) in [6.45, 7) is 0.0245. The molecule has 0 fully saturated rings. The van der Waals surface area contributed by atoms with E-state index in [0.29, 0.717) is 5.56 Å². The Morgan fingerprint density at radius 2 is 1.86 bits per heavy atom. The Kier molecular flexibility index (Phi) is 4.38. The van der Waals surface area contributed by atoms with Crippen molar-refractivity contribution in [2.45, 2.75) is 5.75 Å². The Bertz CT molecular complexity index is 361. The van der Waals surface area contributed by atoms with Gasteiger partial charge in [0.05, 0.1) is 6.61 Å². The molecule has 0 aliphatic carbocycles. The van der Waals surface area contributed by atoms with Crippen LogP contribution in [-0.4, -0.2) is 20.9 Å². The molecule has 0 aliphatic rings. The van der Waals surface area contributed by atoms with E-state index in [2.05, 4.69) is 4.18 Å². The molecular weight excluding hydrogens is 224 g/mol. The molecule has 0 heterocycles. The molecule has 3 nitrogen and oxygen atoms in total. The van der Waals surface area contributed by atoms with Crippen LogP contribution in [-0.2, 0) is 20.1 Å². The Balaban J connectivity index is 2.60. The maximum atomic E-state index is 11.3. The van der Waals surface area contributed by atoms with Crippen molar-refractivity contribution in [1.82, 2.24) is 0 Å². The average Bonchev–Trinajstić information content (AvgIpc) is 2.16. The molecule has 1 aromatic carbocycles. The highest BCUT2D eigenvalue weighted by Crippen LogP contribution is 2.06. The largest absolute Gasteiger partial charge is 0.271 e. The first-order valence-electron chi connectivity index (χ1n) is 4.11. The molecule has 0 amide bonds. The van der Waals surface area contributed by atoms with Gasteiger partial charge in [-0.3, -0.25) is 4.18 Å². The molecule has 0 saturated carbocycles. The highest BCUT2D eigenvalue weighted by Gasteiger charge is 2.11. The summed E-state index contributed by atoms with van der Waals surface area (Å²) in [6.07, 6.45) is 0. The number of alkyl halides is 1. The standard InChI is InChI=1S/C9H11ClO3S/c10-6-7-13-14(11,12)8-9-4-2-1-3-5-9/h1-5H,6-8H2. The highest BCUT2D eigenvalue weighted by molar-refractivity contribution is 7.85. The first-order valence-corrected chi connectivity index (χ1v) is 6.22. The Hall–Kier alpha value is -0.580. The van der Waals surface area contributed by atoms with E-state index in [0.717, 1.165) is 0 Å². The van der Waals surface area contributed by atoms with Crippen LogP contribution in [0.2, 0.25) is 0 Å². The molecule has 0 unspecified atom stereocenters. The van der Waals surface area contributed by atoms with E-state index < -0.39 is 10.1 Å². The van der Waals surface area contributed by atoms with Gasteiger partial charge in [-0.15, -0.1) is 11.6 Å². The number of rotatable bonds is 5. The van der Waals surface area contributed by atoms with Crippen LogP contribution in [0.1, 0.15) is 5.56 Å². The zero-order chi connectivity index (χ0) is 10.4. The Labute approximate surface area is 88.8 Å². The van der Waals surface area contributed by atoms with Gasteiger partial charge in [-0.2, -0.15) is 8.42 Å². The van der Waals surface area contributed by atoms with E-state index >= 15 is 0 Å². The van der Waals surface area contributed by atoms with Gasteiger partial charge in [0.2, 0.25) is 0 Å². The fraction of sp³-hybridized carbons (Fsp3) is 0.333. The zero-order valence-corrected chi connectivity index (χ0v) is 9.09. The predicted octanol–water partition coefficient (Wildman–Crippen LogP) is 1.77. The summed E-state index contributed by atoms with van der Waals surface area (Å²) < 4.78 is 27.2. The topological polar surface area (TPSA) is 43.4 Å². The SMILES string of the molecule is O=S(=O)(Cc1ccccc1)OCCCl. The summed E-state index contributed by atoms with van der Waals surface area (Å²) in [5, 5.41) is 0. The fourth-order valence-corrected chi connectivity index (χ4v) is 2.17. The first-order chi connectivity index (χ1) is 6.64. The van der Waals surface area contributed by atoms with Gasteiger partial charge in [-0.25, -0.2) is 0 Å². The molecule has 5 heteroatoms. The fourth-order valence-electron chi connectivity index (χ4n) is 0.978. The van der Waals surface area contributed by atoms with Gasteiger partial charge < -0.3 is 0 Å². The molecule has 78 valence electrons. The van der Waals surface area contributed by atoms with Crippen LogP contribution in [0.5, 0.6) is 0 Å². The molecular formula is C9H11ClO3S. The molecule has 0 bridgehead atoms. The van der Waals surface area contributed by atoms with E-state index in [9.17, 15) is 8.42 Å². The Morgan fingerprint density at radius 1 is 1.21 bits per heavy atom. The van der Waals surface area contributed by atoms with E-state index in [1.54, 1.807) is 24.3 Å². The lowest BCUT2D eigenvalue weighted by molar-refractivity contribution is 0.339. The number of halogens is 1. The normalized spacial score (nSPS) is 11.5. The lowest BCUT2D eigenvalue weighted by Crippen LogP contribution is -2.10. The van der Waals surface area contributed by atoms with Crippen LogP contribution in [0.3, 0.4) is 0 Å². The highest BCUT2D eigenvalue weighted by atomic mass is 35.5. The van der Waals surface area contributed by atoms with Crippen molar-refractivity contribution in [3.8, 4) is 0 Å². The van der Waals surface area contributed by atoms with Crippen molar-refractivity contribution in [2.24, 2.45) is 0 Å². The maximum Gasteiger partial charge on any atom is 0.271 e. The third-order valence-electron chi connectivity index (χ3n) is 1.53. The lowest BCUT2D eigenvalue weighted by atomic mass is 10.2. The minimum atomic E-state index is -3.48. The van der Waals surface area contributed by atoms with Crippen molar-refractivity contribution >= 4 is 21.7 Å².